The predicted octanol–water partition coefficient (Wildman–Crippen LogP) is -5.54. The molecule has 2 N–H and O–H groups in total. The molecule has 0 atom stereocenters. The summed E-state index contributed by atoms with van der Waals surface area (Å²) in [4.78, 5) is 0. The molecule has 0 aliphatic carbocycles. The molecule has 0 unspecified atom stereocenters. The van der Waals surface area contributed by atoms with E-state index in [4.69, 9.17) is 17.5 Å². The molecule has 0 radical (unpaired) electrons. The van der Waals surface area contributed by atoms with Gasteiger partial charge < -0.3 is 14.6 Å². The van der Waals surface area contributed by atoms with Crippen molar-refractivity contribution >= 4 is 48.1 Å². The van der Waals surface area contributed by atoms with E-state index in [-0.39, 0.29) is 94.6 Å². The Morgan fingerprint density at radius 2 is 1.12 bits per heavy atom. The van der Waals surface area contributed by atoms with Crippen LogP contribution in [0.25, 0.3) is 0 Å². The Morgan fingerprint density at radius 3 is 1.12 bits per heavy atom. The molecule has 0 aliphatic rings. The van der Waals surface area contributed by atoms with Gasteiger partial charge in [0.15, 0.2) is 0 Å². The maximum absolute atomic E-state index is 8.52. The van der Waals surface area contributed by atoms with Crippen LogP contribution < -0.4 is 51.4 Å². The van der Waals surface area contributed by atoms with Crippen LogP contribution in [0, 0.1) is 0 Å². The van der Waals surface area contributed by atoms with E-state index in [1.165, 1.54) is 0 Å². The average Bonchev–Trinajstić information content (AvgIpc) is 0.722. The van der Waals surface area contributed by atoms with Gasteiger partial charge in [0, 0.05) is 10.4 Å². The molecular weight excluding hydrogens is 191 g/mol. The minimum Gasteiger partial charge on any atom is -0.759 e. The minimum atomic E-state index is -5.17. The fourth-order valence-electron chi connectivity index (χ4n) is 0. The first kappa shape index (κ1) is 22.4. The standard InChI is InChI=1S/Ca.K.H2O4S.H2O/c;;1-5(2,3)4;/h;;(H2,1,2,3,4);1H2/q+2;+1;;/p-2. The van der Waals surface area contributed by atoms with Gasteiger partial charge in [0.2, 0.25) is 0 Å². The Bertz CT molecular complexity index is 95.6. The molecule has 0 aliphatic heterocycles. The van der Waals surface area contributed by atoms with Crippen LogP contribution in [-0.4, -0.2) is 60.7 Å². The molecule has 0 saturated heterocycles. The van der Waals surface area contributed by atoms with Crippen LogP contribution in [0.1, 0.15) is 0 Å². The smallest absolute Gasteiger partial charge is 0.759 e. The van der Waals surface area contributed by atoms with E-state index in [1.54, 1.807) is 0 Å². The molecule has 5 nitrogen and oxygen atoms in total. The van der Waals surface area contributed by atoms with Crippen molar-refractivity contribution in [3.8, 4) is 0 Å². The van der Waals surface area contributed by atoms with E-state index in [1.807, 2.05) is 0 Å². The molecule has 0 aromatic rings. The predicted molar refractivity (Wildman–Crippen MR) is 19.8 cm³/mol. The minimum absolute atomic E-state index is 0. The molecule has 0 aromatic heterocycles. The molecule has 0 rings (SSSR count). The molecule has 0 fully saturated rings. The first-order valence-electron chi connectivity index (χ1n) is 0.667. The Labute approximate surface area is 120 Å². The average molecular weight is 193 g/mol. The molecule has 0 aromatic carbocycles. The van der Waals surface area contributed by atoms with Crippen LogP contribution in [0.2, 0.25) is 0 Å². The molecule has 0 saturated carbocycles. The van der Waals surface area contributed by atoms with E-state index in [2.05, 4.69) is 0 Å². The van der Waals surface area contributed by atoms with Crippen molar-refractivity contribution in [3.63, 3.8) is 0 Å². The van der Waals surface area contributed by atoms with Gasteiger partial charge in [0.25, 0.3) is 0 Å². The van der Waals surface area contributed by atoms with Crippen molar-refractivity contribution in [2.75, 3.05) is 0 Å². The topological polar surface area (TPSA) is 112 Å². The van der Waals surface area contributed by atoms with Crippen molar-refractivity contribution in [1.29, 1.82) is 0 Å². The quantitative estimate of drug-likeness (QED) is 0.217. The summed E-state index contributed by atoms with van der Waals surface area (Å²) in [5, 5.41) is 0. The third-order valence-electron chi connectivity index (χ3n) is 0. The molecule has 0 bridgehead atoms. The van der Waals surface area contributed by atoms with Gasteiger partial charge in [-0.25, -0.2) is 0 Å². The third kappa shape index (κ3) is 70.1. The zero-order valence-electron chi connectivity index (χ0n) is 4.25. The maximum Gasteiger partial charge on any atom is 2.00 e. The summed E-state index contributed by atoms with van der Waals surface area (Å²) in [5.74, 6) is 0. The van der Waals surface area contributed by atoms with E-state index in [0.29, 0.717) is 0 Å². The third-order valence-corrected chi connectivity index (χ3v) is 0. The molecule has 40 valence electrons. The van der Waals surface area contributed by atoms with Gasteiger partial charge in [-0.15, -0.1) is 0 Å². The van der Waals surface area contributed by atoms with E-state index >= 15 is 0 Å². The molecule has 0 spiro atoms. The summed E-state index contributed by atoms with van der Waals surface area (Å²) in [7, 11) is -5.17. The SMILES string of the molecule is O.O=S(=O)([O-])[O-].[Ca+2].[K+]. The Hall–Kier alpha value is 2.73. The van der Waals surface area contributed by atoms with Gasteiger partial charge in [-0.05, 0) is 0 Å². The van der Waals surface area contributed by atoms with Gasteiger partial charge >= 0.3 is 89.1 Å². The molecule has 8 heavy (non-hydrogen) atoms. The normalized spacial score (nSPS) is 7.25. The second kappa shape index (κ2) is 9.73. The van der Waals surface area contributed by atoms with Crippen molar-refractivity contribution < 1.29 is 74.4 Å². The van der Waals surface area contributed by atoms with Gasteiger partial charge in [0.1, 0.15) is 0 Å². The van der Waals surface area contributed by atoms with E-state index in [0.717, 1.165) is 0 Å². The summed E-state index contributed by atoms with van der Waals surface area (Å²) in [6.07, 6.45) is 0. The largest absolute Gasteiger partial charge is 2.00 e. The number of hydrogen-bond acceptors (Lipinski definition) is 4. The summed E-state index contributed by atoms with van der Waals surface area (Å²) < 4.78 is 34.1. The zero-order valence-corrected chi connectivity index (χ0v) is 10.4. The van der Waals surface area contributed by atoms with Gasteiger partial charge in [-0.1, -0.05) is 0 Å². The summed E-state index contributed by atoms with van der Waals surface area (Å²) >= 11 is 0. The Morgan fingerprint density at radius 1 is 1.12 bits per heavy atom. The van der Waals surface area contributed by atoms with Gasteiger partial charge in [0.05, 0.1) is 0 Å². The van der Waals surface area contributed by atoms with E-state index < -0.39 is 10.4 Å². The fourth-order valence-corrected chi connectivity index (χ4v) is 0. The first-order valence-corrected chi connectivity index (χ1v) is 2.00. The van der Waals surface area contributed by atoms with Crippen molar-refractivity contribution in [2.45, 2.75) is 0 Å². The molecular formula is H2CaKO5S+. The van der Waals surface area contributed by atoms with Crippen LogP contribution in [0.4, 0.5) is 0 Å². The van der Waals surface area contributed by atoms with Gasteiger partial charge in [-0.2, -0.15) is 0 Å². The second-order valence-corrected chi connectivity index (χ2v) is 1.22. The fraction of sp³-hybridized carbons (Fsp3) is 0. The summed E-state index contributed by atoms with van der Waals surface area (Å²) in [6.45, 7) is 0. The molecule has 0 heterocycles. The first-order chi connectivity index (χ1) is 2.00. The Kier molecular flexibility index (Phi) is 27.3. The second-order valence-electron chi connectivity index (χ2n) is 0.408. The summed E-state index contributed by atoms with van der Waals surface area (Å²) in [5.41, 5.74) is 0. The molecule has 8 heteroatoms. The number of rotatable bonds is 0. The van der Waals surface area contributed by atoms with Crippen molar-refractivity contribution in [3.05, 3.63) is 0 Å². The Balaban J connectivity index is -0.0000000267. The van der Waals surface area contributed by atoms with E-state index in [9.17, 15) is 0 Å². The van der Waals surface area contributed by atoms with Gasteiger partial charge in [-0.3, -0.25) is 8.42 Å². The maximum atomic E-state index is 8.52. The zero-order chi connectivity index (χ0) is 4.50. The molecule has 0 amide bonds. The van der Waals surface area contributed by atoms with Crippen LogP contribution in [-0.2, 0) is 10.4 Å². The summed E-state index contributed by atoms with van der Waals surface area (Å²) in [6, 6.07) is 0. The van der Waals surface area contributed by atoms with Crippen molar-refractivity contribution in [1.82, 2.24) is 0 Å². The van der Waals surface area contributed by atoms with Crippen LogP contribution >= 0.6 is 0 Å². The van der Waals surface area contributed by atoms with Crippen LogP contribution in [0.3, 0.4) is 0 Å². The monoisotopic (exact) mass is 193 g/mol. The van der Waals surface area contributed by atoms with Crippen LogP contribution in [0.5, 0.6) is 0 Å². The van der Waals surface area contributed by atoms with Crippen LogP contribution in [0.15, 0.2) is 0 Å². The number of hydrogen-bond donors (Lipinski definition) is 0. The van der Waals surface area contributed by atoms with Crippen molar-refractivity contribution in [2.24, 2.45) is 0 Å².